The van der Waals surface area contributed by atoms with Crippen LogP contribution in [0.3, 0.4) is 0 Å². The number of amides is 2. The second kappa shape index (κ2) is 9.65. The standard InChI is InChI=1S/C26H26N4O6/c1-26(2,3)28-24(31)23-19-14-17(30(33)34)9-12-20(19)36-21-6-5-13-27-22(21)25(32)29(23)15-16-7-10-18(35-4)11-8-16/h5-14,23H,15H2,1-4H3,(H,28,31). The van der Waals surface area contributed by atoms with Gasteiger partial charge in [-0.1, -0.05) is 12.1 Å². The first-order valence-corrected chi connectivity index (χ1v) is 11.2. The van der Waals surface area contributed by atoms with Crippen LogP contribution in [-0.4, -0.2) is 39.3 Å². The molecule has 1 atom stereocenters. The van der Waals surface area contributed by atoms with Crippen LogP contribution in [0.4, 0.5) is 5.69 Å². The summed E-state index contributed by atoms with van der Waals surface area (Å²) in [6, 6.07) is 13.1. The number of methoxy groups -OCH3 is 1. The highest BCUT2D eigenvalue weighted by Gasteiger charge is 2.39. The van der Waals surface area contributed by atoms with Crippen LogP contribution in [0.2, 0.25) is 0 Å². The number of non-ortho nitro benzene ring substituents is 1. The number of ether oxygens (including phenoxy) is 2. The number of nitro groups is 1. The second-order valence-corrected chi connectivity index (χ2v) is 9.35. The minimum Gasteiger partial charge on any atom is -0.497 e. The van der Waals surface area contributed by atoms with Gasteiger partial charge in [-0.3, -0.25) is 19.7 Å². The van der Waals surface area contributed by atoms with Gasteiger partial charge in [0.25, 0.3) is 11.6 Å². The van der Waals surface area contributed by atoms with Crippen LogP contribution in [0, 0.1) is 10.1 Å². The highest BCUT2D eigenvalue weighted by molar-refractivity contribution is 5.99. The molecule has 1 aliphatic rings. The first-order valence-electron chi connectivity index (χ1n) is 11.2. The van der Waals surface area contributed by atoms with Gasteiger partial charge in [-0.15, -0.1) is 0 Å². The highest BCUT2D eigenvalue weighted by Crippen LogP contribution is 2.40. The molecule has 2 aromatic carbocycles. The fourth-order valence-electron chi connectivity index (χ4n) is 3.94. The molecular weight excluding hydrogens is 464 g/mol. The van der Waals surface area contributed by atoms with E-state index in [1.807, 2.05) is 20.8 Å². The van der Waals surface area contributed by atoms with E-state index < -0.39 is 28.3 Å². The van der Waals surface area contributed by atoms with Gasteiger partial charge in [0.2, 0.25) is 5.91 Å². The molecule has 36 heavy (non-hydrogen) atoms. The summed E-state index contributed by atoms with van der Waals surface area (Å²) in [5, 5.41) is 14.5. The molecular formula is C26H26N4O6. The first kappa shape index (κ1) is 24.6. The number of nitrogens with zero attached hydrogens (tertiary/aromatic N) is 3. The third-order valence-corrected chi connectivity index (χ3v) is 5.52. The quantitative estimate of drug-likeness (QED) is 0.415. The number of nitro benzene ring substituents is 1. The van der Waals surface area contributed by atoms with Crippen molar-refractivity contribution < 1.29 is 24.0 Å². The molecule has 1 aromatic heterocycles. The third-order valence-electron chi connectivity index (χ3n) is 5.52. The summed E-state index contributed by atoms with van der Waals surface area (Å²) < 4.78 is 11.2. The van der Waals surface area contributed by atoms with Crippen LogP contribution >= 0.6 is 0 Å². The van der Waals surface area contributed by atoms with Gasteiger partial charge in [0, 0.05) is 36.0 Å². The maximum absolute atomic E-state index is 13.9. The molecule has 0 bridgehead atoms. The van der Waals surface area contributed by atoms with Crippen molar-refractivity contribution in [2.45, 2.75) is 38.9 Å². The van der Waals surface area contributed by atoms with E-state index in [2.05, 4.69) is 10.3 Å². The normalized spacial score (nSPS) is 15.1. The van der Waals surface area contributed by atoms with Crippen LogP contribution in [0.25, 0.3) is 0 Å². The molecule has 1 aliphatic heterocycles. The van der Waals surface area contributed by atoms with E-state index in [0.29, 0.717) is 5.75 Å². The van der Waals surface area contributed by atoms with Gasteiger partial charge >= 0.3 is 0 Å². The molecule has 10 nitrogen and oxygen atoms in total. The van der Waals surface area contributed by atoms with Gasteiger partial charge in [-0.2, -0.15) is 0 Å². The lowest BCUT2D eigenvalue weighted by atomic mass is 9.98. The zero-order valence-electron chi connectivity index (χ0n) is 20.3. The molecule has 0 saturated heterocycles. The molecule has 2 heterocycles. The van der Waals surface area contributed by atoms with Gasteiger partial charge in [0.05, 0.1) is 12.0 Å². The number of nitrogens with one attached hydrogen (secondary N) is 1. The number of fused-ring (bicyclic) bond motifs is 2. The largest absolute Gasteiger partial charge is 0.497 e. The van der Waals surface area contributed by atoms with Gasteiger partial charge in [-0.05, 0) is 56.7 Å². The Hall–Kier alpha value is -4.47. The molecule has 1 unspecified atom stereocenters. The Balaban J connectivity index is 1.93. The summed E-state index contributed by atoms with van der Waals surface area (Å²) in [6.45, 7) is 5.46. The Labute approximate surface area is 208 Å². The number of hydrogen-bond donors (Lipinski definition) is 1. The molecule has 0 radical (unpaired) electrons. The summed E-state index contributed by atoms with van der Waals surface area (Å²) in [4.78, 5) is 44.2. The van der Waals surface area contributed by atoms with Gasteiger partial charge in [0.1, 0.15) is 17.5 Å². The van der Waals surface area contributed by atoms with E-state index in [1.54, 1.807) is 43.5 Å². The van der Waals surface area contributed by atoms with Crippen molar-refractivity contribution >= 4 is 17.5 Å². The second-order valence-electron chi connectivity index (χ2n) is 9.35. The predicted molar refractivity (Wildman–Crippen MR) is 131 cm³/mol. The average molecular weight is 491 g/mol. The molecule has 3 aromatic rings. The lowest BCUT2D eigenvalue weighted by molar-refractivity contribution is -0.385. The van der Waals surface area contributed by atoms with E-state index in [1.165, 1.54) is 29.3 Å². The summed E-state index contributed by atoms with van der Waals surface area (Å²) in [5.41, 5.74) is 0.0934. The maximum atomic E-state index is 13.9. The topological polar surface area (TPSA) is 124 Å². The highest BCUT2D eigenvalue weighted by atomic mass is 16.6. The Morgan fingerprint density at radius 1 is 1.17 bits per heavy atom. The van der Waals surface area contributed by atoms with E-state index in [-0.39, 0.29) is 35.0 Å². The smallest absolute Gasteiger partial charge is 0.277 e. The summed E-state index contributed by atoms with van der Waals surface area (Å²) in [6.07, 6.45) is 1.47. The Bertz CT molecular complexity index is 1320. The lowest BCUT2D eigenvalue weighted by Crippen LogP contribution is -2.49. The van der Waals surface area contributed by atoms with E-state index in [0.717, 1.165) is 5.56 Å². The predicted octanol–water partition coefficient (Wildman–Crippen LogP) is 4.40. The van der Waals surface area contributed by atoms with Crippen LogP contribution < -0.4 is 14.8 Å². The number of benzene rings is 2. The van der Waals surface area contributed by atoms with Gasteiger partial charge in [-0.25, -0.2) is 4.98 Å². The number of aromatic nitrogens is 1. The Morgan fingerprint density at radius 3 is 2.53 bits per heavy atom. The Morgan fingerprint density at radius 2 is 1.89 bits per heavy atom. The molecule has 2 amide bonds. The number of pyridine rings is 1. The number of carbonyl (C=O) groups is 2. The summed E-state index contributed by atoms with van der Waals surface area (Å²) >= 11 is 0. The van der Waals surface area contributed by atoms with Crippen molar-refractivity contribution in [2.24, 2.45) is 0 Å². The molecule has 0 spiro atoms. The number of rotatable bonds is 5. The van der Waals surface area contributed by atoms with Crippen LogP contribution in [0.1, 0.15) is 48.4 Å². The van der Waals surface area contributed by atoms with E-state index >= 15 is 0 Å². The lowest BCUT2D eigenvalue weighted by Gasteiger charge is -2.35. The summed E-state index contributed by atoms with van der Waals surface area (Å²) in [5.74, 6) is -0.00831. The summed E-state index contributed by atoms with van der Waals surface area (Å²) in [7, 11) is 1.55. The molecule has 1 N–H and O–H groups in total. The SMILES string of the molecule is COc1ccc(CN2C(=O)c3ncccc3Oc3ccc([N+](=O)[O-])cc3C2C(=O)NC(C)(C)C)cc1. The zero-order chi connectivity index (χ0) is 26.0. The molecule has 4 rings (SSSR count). The van der Waals surface area contributed by atoms with Crippen molar-refractivity contribution in [1.29, 1.82) is 0 Å². The minimum absolute atomic E-state index is 0.0310. The van der Waals surface area contributed by atoms with Gasteiger partial charge in [0.15, 0.2) is 11.4 Å². The number of carbonyl (C=O) groups excluding carboxylic acids is 2. The molecule has 0 fully saturated rings. The van der Waals surface area contributed by atoms with E-state index in [4.69, 9.17) is 9.47 Å². The minimum atomic E-state index is -1.23. The maximum Gasteiger partial charge on any atom is 0.277 e. The average Bonchev–Trinajstić information content (AvgIpc) is 2.83. The zero-order valence-corrected chi connectivity index (χ0v) is 20.3. The van der Waals surface area contributed by atoms with Crippen molar-refractivity contribution in [3.63, 3.8) is 0 Å². The molecule has 0 aliphatic carbocycles. The monoisotopic (exact) mass is 490 g/mol. The fraction of sp³-hybridized carbons (Fsp3) is 0.269. The molecule has 0 saturated carbocycles. The van der Waals surface area contributed by atoms with Crippen molar-refractivity contribution in [2.75, 3.05) is 7.11 Å². The first-order chi connectivity index (χ1) is 17.1. The van der Waals surface area contributed by atoms with Crippen LogP contribution in [0.5, 0.6) is 17.2 Å². The fourth-order valence-corrected chi connectivity index (χ4v) is 3.94. The third kappa shape index (κ3) is 5.12. The Kier molecular flexibility index (Phi) is 6.61. The van der Waals surface area contributed by atoms with Gasteiger partial charge < -0.3 is 19.7 Å². The van der Waals surface area contributed by atoms with E-state index in [9.17, 15) is 19.7 Å². The molecule has 10 heteroatoms. The van der Waals surface area contributed by atoms with Crippen molar-refractivity contribution in [1.82, 2.24) is 15.2 Å². The number of hydrogen-bond acceptors (Lipinski definition) is 7. The van der Waals surface area contributed by atoms with Crippen molar-refractivity contribution in [3.05, 3.63) is 87.7 Å². The van der Waals surface area contributed by atoms with Crippen molar-refractivity contribution in [3.8, 4) is 17.2 Å². The van der Waals surface area contributed by atoms with Crippen LogP contribution in [0.15, 0.2) is 60.8 Å². The molecule has 186 valence electrons. The van der Waals surface area contributed by atoms with Crippen LogP contribution in [-0.2, 0) is 11.3 Å².